The second-order valence-electron chi connectivity index (χ2n) is 5.66. The first-order valence-electron chi connectivity index (χ1n) is 7.39. The van der Waals surface area contributed by atoms with Crippen LogP contribution in [0, 0.1) is 11.8 Å². The average Bonchev–Trinajstić information content (AvgIpc) is 3.02. The molecule has 0 spiro atoms. The Balaban J connectivity index is 1.73. The molecule has 0 aromatic carbocycles. The molecule has 2 atom stereocenters. The normalized spacial score (nSPS) is 27.3. The van der Waals surface area contributed by atoms with E-state index in [9.17, 15) is 9.90 Å². The zero-order valence-corrected chi connectivity index (χ0v) is 12.6. The fourth-order valence-electron chi connectivity index (χ4n) is 3.33. The van der Waals surface area contributed by atoms with Crippen molar-refractivity contribution in [2.75, 3.05) is 6.61 Å². The molecule has 2 aliphatic heterocycles. The Labute approximate surface area is 128 Å². The molecule has 2 unspecified atom stereocenters. The molecule has 2 fully saturated rings. The molecule has 21 heavy (non-hydrogen) atoms. The first kappa shape index (κ1) is 14.6. The van der Waals surface area contributed by atoms with Crippen molar-refractivity contribution in [1.82, 2.24) is 4.90 Å². The second-order valence-corrected chi connectivity index (χ2v) is 6.75. The molecule has 4 nitrogen and oxygen atoms in total. The van der Waals surface area contributed by atoms with E-state index in [0.717, 1.165) is 22.6 Å². The van der Waals surface area contributed by atoms with E-state index in [4.69, 9.17) is 5.11 Å². The van der Waals surface area contributed by atoms with Gasteiger partial charge in [-0.2, -0.15) is 0 Å². The summed E-state index contributed by atoms with van der Waals surface area (Å²) in [6.07, 6.45) is 3.61. The number of carbonyl (C=O) groups excluding carboxylic acids is 1. The van der Waals surface area contributed by atoms with E-state index >= 15 is 0 Å². The Kier molecular flexibility index (Phi) is 4.29. The molecule has 1 aromatic heterocycles. The largest absolute Gasteiger partial charge is 0.395 e. The third-order valence-electron chi connectivity index (χ3n) is 4.21. The SMILES string of the molecule is O=C(c1ccc(C#CCCO)s1)N1C2CCC1CC(O)C2. The number of thiophene rings is 1. The summed E-state index contributed by atoms with van der Waals surface area (Å²) in [5, 5.41) is 18.5. The standard InChI is InChI=1S/C16H19NO3S/c18-8-2-1-3-14-6-7-15(21-14)16(20)17-11-4-5-12(17)10-13(19)9-11/h6-7,11-13,18-19H,2,4-5,8-10H2. The van der Waals surface area contributed by atoms with E-state index in [1.807, 2.05) is 17.0 Å². The predicted molar refractivity (Wildman–Crippen MR) is 81.1 cm³/mol. The molecule has 5 heteroatoms. The Bertz CT molecular complexity index is 572. The van der Waals surface area contributed by atoms with Crippen molar-refractivity contribution in [3.05, 3.63) is 21.9 Å². The van der Waals surface area contributed by atoms with Gasteiger partial charge in [-0.3, -0.25) is 4.79 Å². The highest BCUT2D eigenvalue weighted by Crippen LogP contribution is 2.37. The van der Waals surface area contributed by atoms with Gasteiger partial charge in [-0.15, -0.1) is 11.3 Å². The maximum Gasteiger partial charge on any atom is 0.264 e. The number of fused-ring (bicyclic) bond motifs is 2. The lowest BCUT2D eigenvalue weighted by Crippen LogP contribution is -2.47. The molecule has 3 heterocycles. The van der Waals surface area contributed by atoms with E-state index in [0.29, 0.717) is 19.3 Å². The van der Waals surface area contributed by atoms with Gasteiger partial charge in [0.1, 0.15) is 0 Å². The quantitative estimate of drug-likeness (QED) is 0.816. The van der Waals surface area contributed by atoms with Crippen LogP contribution in [0.2, 0.25) is 0 Å². The molecular formula is C16H19NO3S. The summed E-state index contributed by atoms with van der Waals surface area (Å²) >= 11 is 1.41. The van der Waals surface area contributed by atoms with Crippen molar-refractivity contribution in [1.29, 1.82) is 0 Å². The zero-order valence-electron chi connectivity index (χ0n) is 11.8. The maximum absolute atomic E-state index is 12.7. The van der Waals surface area contributed by atoms with Crippen LogP contribution in [0.1, 0.15) is 46.7 Å². The monoisotopic (exact) mass is 305 g/mol. The Hall–Kier alpha value is -1.35. The average molecular weight is 305 g/mol. The van der Waals surface area contributed by atoms with Crippen molar-refractivity contribution in [2.24, 2.45) is 0 Å². The van der Waals surface area contributed by atoms with Crippen molar-refractivity contribution >= 4 is 17.2 Å². The summed E-state index contributed by atoms with van der Waals surface area (Å²) in [6.45, 7) is 0.0592. The predicted octanol–water partition coefficient (Wildman–Crippen LogP) is 1.61. The first-order chi connectivity index (χ1) is 10.2. The molecule has 2 aliphatic rings. The van der Waals surface area contributed by atoms with Crippen LogP contribution in [0.5, 0.6) is 0 Å². The third kappa shape index (κ3) is 2.98. The van der Waals surface area contributed by atoms with Crippen LogP contribution in [0.15, 0.2) is 12.1 Å². The highest BCUT2D eigenvalue weighted by molar-refractivity contribution is 7.14. The number of hydrogen-bond donors (Lipinski definition) is 2. The number of rotatable bonds is 2. The van der Waals surface area contributed by atoms with Crippen molar-refractivity contribution in [3.63, 3.8) is 0 Å². The molecule has 112 valence electrons. The zero-order chi connectivity index (χ0) is 14.8. The summed E-state index contributed by atoms with van der Waals surface area (Å²) in [6, 6.07) is 4.08. The van der Waals surface area contributed by atoms with Gasteiger partial charge >= 0.3 is 0 Å². The van der Waals surface area contributed by atoms with Crippen molar-refractivity contribution in [3.8, 4) is 11.8 Å². The minimum Gasteiger partial charge on any atom is -0.395 e. The maximum atomic E-state index is 12.7. The molecule has 1 amide bonds. The number of carbonyl (C=O) groups is 1. The van der Waals surface area contributed by atoms with Crippen LogP contribution in [0.4, 0.5) is 0 Å². The minimum atomic E-state index is -0.255. The van der Waals surface area contributed by atoms with Gasteiger partial charge in [-0.25, -0.2) is 0 Å². The summed E-state index contributed by atoms with van der Waals surface area (Å²) in [5.74, 6) is 5.92. The number of aliphatic hydroxyl groups excluding tert-OH is 2. The smallest absolute Gasteiger partial charge is 0.264 e. The molecule has 2 saturated heterocycles. The molecule has 0 saturated carbocycles. The van der Waals surface area contributed by atoms with Crippen molar-refractivity contribution in [2.45, 2.75) is 50.3 Å². The number of aliphatic hydroxyl groups is 2. The molecule has 3 rings (SSSR count). The topological polar surface area (TPSA) is 60.8 Å². The first-order valence-corrected chi connectivity index (χ1v) is 8.21. The fourth-order valence-corrected chi connectivity index (χ4v) is 4.16. The summed E-state index contributed by atoms with van der Waals surface area (Å²) in [7, 11) is 0. The van der Waals surface area contributed by atoms with Crippen LogP contribution in [-0.4, -0.2) is 45.8 Å². The van der Waals surface area contributed by atoms with Gasteiger partial charge in [0.05, 0.1) is 22.5 Å². The van der Waals surface area contributed by atoms with E-state index in [1.165, 1.54) is 11.3 Å². The lowest BCUT2D eigenvalue weighted by molar-refractivity contribution is 0.0290. The van der Waals surface area contributed by atoms with Gasteiger partial charge in [-0.1, -0.05) is 11.8 Å². The minimum absolute atomic E-state index is 0.0592. The van der Waals surface area contributed by atoms with Crippen LogP contribution in [0.3, 0.4) is 0 Å². The van der Waals surface area contributed by atoms with Crippen LogP contribution in [-0.2, 0) is 0 Å². The van der Waals surface area contributed by atoms with Gasteiger partial charge in [0.2, 0.25) is 0 Å². The highest BCUT2D eigenvalue weighted by atomic mass is 32.1. The van der Waals surface area contributed by atoms with Crippen molar-refractivity contribution < 1.29 is 15.0 Å². The van der Waals surface area contributed by atoms with Gasteiger partial charge in [0, 0.05) is 18.5 Å². The Morgan fingerprint density at radius 1 is 1.33 bits per heavy atom. The van der Waals surface area contributed by atoms with E-state index < -0.39 is 0 Å². The number of nitrogens with zero attached hydrogens (tertiary/aromatic N) is 1. The Morgan fingerprint density at radius 2 is 2.05 bits per heavy atom. The van der Waals surface area contributed by atoms with E-state index in [-0.39, 0.29) is 30.7 Å². The molecule has 2 bridgehead atoms. The second kappa shape index (κ2) is 6.18. The Morgan fingerprint density at radius 3 is 2.71 bits per heavy atom. The molecule has 0 radical (unpaired) electrons. The van der Waals surface area contributed by atoms with Crippen LogP contribution in [0.25, 0.3) is 0 Å². The van der Waals surface area contributed by atoms with Crippen LogP contribution < -0.4 is 0 Å². The third-order valence-corrected chi connectivity index (χ3v) is 5.20. The number of piperidine rings is 1. The molecule has 0 aliphatic carbocycles. The van der Waals surface area contributed by atoms with E-state index in [1.54, 1.807) is 0 Å². The van der Waals surface area contributed by atoms with Gasteiger partial charge in [0.15, 0.2) is 0 Å². The summed E-state index contributed by atoms with van der Waals surface area (Å²) < 4.78 is 0. The number of hydrogen-bond acceptors (Lipinski definition) is 4. The lowest BCUT2D eigenvalue weighted by atomic mass is 10.00. The summed E-state index contributed by atoms with van der Waals surface area (Å²) in [5.41, 5.74) is 0. The van der Waals surface area contributed by atoms with Crippen LogP contribution >= 0.6 is 11.3 Å². The van der Waals surface area contributed by atoms with Gasteiger partial charge in [-0.05, 0) is 37.8 Å². The molecule has 1 aromatic rings. The highest BCUT2D eigenvalue weighted by Gasteiger charge is 2.43. The van der Waals surface area contributed by atoms with Gasteiger partial charge in [0.25, 0.3) is 5.91 Å². The molecular weight excluding hydrogens is 286 g/mol. The lowest BCUT2D eigenvalue weighted by Gasteiger charge is -2.36. The molecule has 2 N–H and O–H groups in total. The summed E-state index contributed by atoms with van der Waals surface area (Å²) in [4.78, 5) is 16.2. The number of amides is 1. The fraction of sp³-hybridized carbons (Fsp3) is 0.562. The van der Waals surface area contributed by atoms with E-state index in [2.05, 4.69) is 11.8 Å². The van der Waals surface area contributed by atoms with Gasteiger partial charge < -0.3 is 15.1 Å².